The molecule has 166 valence electrons. The first-order valence-corrected chi connectivity index (χ1v) is 10.7. The minimum absolute atomic E-state index is 0.0194. The number of ether oxygens (including phenoxy) is 1. The number of thiocarbonyl (C=S) groups is 1. The summed E-state index contributed by atoms with van der Waals surface area (Å²) in [7, 11) is 1.75. The van der Waals surface area contributed by atoms with Crippen molar-refractivity contribution in [2.75, 3.05) is 11.9 Å². The van der Waals surface area contributed by atoms with Gasteiger partial charge in [0.25, 0.3) is 11.6 Å². The lowest BCUT2D eigenvalue weighted by Gasteiger charge is -2.16. The Labute approximate surface area is 200 Å². The third-order valence-corrected chi connectivity index (χ3v) is 5.83. The van der Waals surface area contributed by atoms with Crippen molar-refractivity contribution in [1.29, 1.82) is 0 Å². The Bertz CT molecular complexity index is 1260. The summed E-state index contributed by atoms with van der Waals surface area (Å²) in [4.78, 5) is 26.5. The number of carbonyl (C=O) groups excluding carboxylic acids is 1. The van der Waals surface area contributed by atoms with Crippen LogP contribution in [0.3, 0.4) is 0 Å². The van der Waals surface area contributed by atoms with Gasteiger partial charge in [0.05, 0.1) is 15.6 Å². The van der Waals surface area contributed by atoms with E-state index in [4.69, 9.17) is 28.6 Å². The lowest BCUT2D eigenvalue weighted by Crippen LogP contribution is -2.30. The number of hydrogen-bond acceptors (Lipinski definition) is 5. The average Bonchev–Trinajstić information content (AvgIpc) is 3.02. The highest BCUT2D eigenvalue weighted by Crippen LogP contribution is 2.31. The van der Waals surface area contributed by atoms with Crippen LogP contribution in [0.1, 0.15) is 11.1 Å². The van der Waals surface area contributed by atoms with Gasteiger partial charge in [-0.05, 0) is 65.8 Å². The highest BCUT2D eigenvalue weighted by molar-refractivity contribution is 7.80. The van der Waals surface area contributed by atoms with E-state index >= 15 is 0 Å². The summed E-state index contributed by atoms with van der Waals surface area (Å²) < 4.78 is 5.75. The normalized spacial score (nSPS) is 14.8. The molecule has 1 heterocycles. The first-order valence-electron chi connectivity index (χ1n) is 9.90. The van der Waals surface area contributed by atoms with Gasteiger partial charge in [-0.3, -0.25) is 19.8 Å². The number of para-hydroxylation sites is 1. The van der Waals surface area contributed by atoms with E-state index in [1.807, 2.05) is 30.3 Å². The number of anilines is 1. The van der Waals surface area contributed by atoms with Crippen molar-refractivity contribution in [1.82, 2.24) is 4.90 Å². The number of amides is 1. The minimum Gasteiger partial charge on any atom is -0.487 e. The van der Waals surface area contributed by atoms with Crippen LogP contribution in [0.5, 0.6) is 5.75 Å². The summed E-state index contributed by atoms with van der Waals surface area (Å²) in [5.41, 5.74) is 2.65. The standard InChI is InChI=1S/C24H18ClN3O4S/c1-26-21(23(29)27(24(26)33)18-5-3-2-4-6-18)14-17-9-12-22(20(25)13-17)32-15-16-7-10-19(11-8-16)28(30)31/h2-14H,15H2,1H3/b21-14-. The second kappa shape index (κ2) is 9.40. The third kappa shape index (κ3) is 4.72. The summed E-state index contributed by atoms with van der Waals surface area (Å²) in [6.45, 7) is 0.208. The zero-order valence-corrected chi connectivity index (χ0v) is 19.0. The molecule has 0 aliphatic carbocycles. The number of carbonyl (C=O) groups is 1. The van der Waals surface area contributed by atoms with Gasteiger partial charge in [0.1, 0.15) is 18.1 Å². The molecule has 3 aromatic rings. The molecule has 0 N–H and O–H groups in total. The monoisotopic (exact) mass is 479 g/mol. The van der Waals surface area contributed by atoms with Crippen molar-refractivity contribution in [2.45, 2.75) is 6.61 Å². The molecule has 9 heteroatoms. The molecule has 7 nitrogen and oxygen atoms in total. The van der Waals surface area contributed by atoms with Crippen LogP contribution in [0.4, 0.5) is 11.4 Å². The second-order valence-electron chi connectivity index (χ2n) is 7.25. The van der Waals surface area contributed by atoms with Crippen molar-refractivity contribution >= 4 is 52.3 Å². The van der Waals surface area contributed by atoms with Gasteiger partial charge in [-0.25, -0.2) is 0 Å². The lowest BCUT2D eigenvalue weighted by atomic mass is 10.1. The number of nitrogens with zero attached hydrogens (tertiary/aromatic N) is 3. The number of rotatable bonds is 6. The first kappa shape index (κ1) is 22.4. The van der Waals surface area contributed by atoms with Crippen molar-refractivity contribution < 1.29 is 14.5 Å². The van der Waals surface area contributed by atoms with Crippen LogP contribution >= 0.6 is 23.8 Å². The highest BCUT2D eigenvalue weighted by Gasteiger charge is 2.36. The second-order valence-corrected chi connectivity index (χ2v) is 8.02. The Morgan fingerprint density at radius 1 is 1.09 bits per heavy atom. The fourth-order valence-corrected chi connectivity index (χ4v) is 3.85. The molecule has 1 aliphatic rings. The van der Waals surface area contributed by atoms with Gasteiger partial charge in [-0.2, -0.15) is 0 Å². The number of likely N-dealkylation sites (N-methyl/N-ethyl adjacent to an activating group) is 1. The van der Waals surface area contributed by atoms with Gasteiger partial charge < -0.3 is 9.64 Å². The molecule has 0 bridgehead atoms. The SMILES string of the molecule is CN1C(=S)N(c2ccccc2)C(=O)/C1=C/c1ccc(OCc2ccc([N+](=O)[O-])cc2)c(Cl)c1. The first-order chi connectivity index (χ1) is 15.8. The van der Waals surface area contributed by atoms with E-state index in [1.165, 1.54) is 17.0 Å². The largest absolute Gasteiger partial charge is 0.487 e. The number of nitro groups is 1. The van der Waals surface area contributed by atoms with E-state index in [9.17, 15) is 14.9 Å². The molecule has 1 fully saturated rings. The van der Waals surface area contributed by atoms with Gasteiger partial charge in [0.15, 0.2) is 5.11 Å². The van der Waals surface area contributed by atoms with Gasteiger partial charge >= 0.3 is 0 Å². The molecular weight excluding hydrogens is 462 g/mol. The average molecular weight is 480 g/mol. The molecule has 3 aromatic carbocycles. The smallest absolute Gasteiger partial charge is 0.281 e. The number of benzene rings is 3. The Hall–Kier alpha value is -3.75. The zero-order valence-electron chi connectivity index (χ0n) is 17.5. The van der Waals surface area contributed by atoms with Gasteiger partial charge in [0, 0.05) is 19.2 Å². The lowest BCUT2D eigenvalue weighted by molar-refractivity contribution is -0.384. The van der Waals surface area contributed by atoms with Crippen molar-refractivity contribution in [2.24, 2.45) is 0 Å². The van der Waals surface area contributed by atoms with E-state index in [0.717, 1.165) is 11.1 Å². The van der Waals surface area contributed by atoms with Gasteiger partial charge in [0.2, 0.25) is 0 Å². The van der Waals surface area contributed by atoms with Crippen molar-refractivity contribution in [3.8, 4) is 5.75 Å². The van der Waals surface area contributed by atoms with Crippen LogP contribution < -0.4 is 9.64 Å². The van der Waals surface area contributed by atoms with Crippen LogP contribution in [-0.4, -0.2) is 27.9 Å². The topological polar surface area (TPSA) is 75.9 Å². The molecule has 0 saturated carbocycles. The number of hydrogen-bond donors (Lipinski definition) is 0. The maximum Gasteiger partial charge on any atom is 0.281 e. The van der Waals surface area contributed by atoms with Crippen molar-refractivity contribution in [3.05, 3.63) is 105 Å². The Morgan fingerprint density at radius 2 is 1.79 bits per heavy atom. The quantitative estimate of drug-likeness (QED) is 0.203. The summed E-state index contributed by atoms with van der Waals surface area (Å²) in [5, 5.41) is 11.5. The number of nitro benzene ring substituents is 1. The third-order valence-electron chi connectivity index (χ3n) is 5.08. The predicted molar refractivity (Wildman–Crippen MR) is 131 cm³/mol. The summed E-state index contributed by atoms with van der Waals surface area (Å²) in [5.74, 6) is 0.244. The predicted octanol–water partition coefficient (Wildman–Crippen LogP) is 5.43. The highest BCUT2D eigenvalue weighted by atomic mass is 35.5. The molecule has 1 saturated heterocycles. The molecule has 0 spiro atoms. The van der Waals surface area contributed by atoms with Crippen LogP contribution in [0.25, 0.3) is 6.08 Å². The van der Waals surface area contributed by atoms with Crippen LogP contribution in [0.2, 0.25) is 5.02 Å². The molecule has 0 atom stereocenters. The summed E-state index contributed by atoms with van der Waals surface area (Å²) in [6, 6.07) is 20.6. The zero-order chi connectivity index (χ0) is 23.5. The molecule has 0 radical (unpaired) electrons. The molecule has 0 aromatic heterocycles. The Kier molecular flexibility index (Phi) is 6.39. The summed E-state index contributed by atoms with van der Waals surface area (Å²) in [6.07, 6.45) is 1.73. The number of non-ortho nitro benzene ring substituents is 1. The fourth-order valence-electron chi connectivity index (χ4n) is 3.32. The Balaban J connectivity index is 1.50. The van der Waals surface area contributed by atoms with E-state index in [0.29, 0.717) is 27.3 Å². The molecule has 0 unspecified atom stereocenters. The van der Waals surface area contributed by atoms with E-state index in [2.05, 4.69) is 0 Å². The van der Waals surface area contributed by atoms with E-state index in [-0.39, 0.29) is 18.2 Å². The van der Waals surface area contributed by atoms with Crippen molar-refractivity contribution in [3.63, 3.8) is 0 Å². The fraction of sp³-hybridized carbons (Fsp3) is 0.0833. The van der Waals surface area contributed by atoms with Crippen LogP contribution in [-0.2, 0) is 11.4 Å². The molecule has 1 aliphatic heterocycles. The van der Waals surface area contributed by atoms with E-state index in [1.54, 1.807) is 48.4 Å². The molecule has 4 rings (SSSR count). The Morgan fingerprint density at radius 3 is 2.42 bits per heavy atom. The van der Waals surface area contributed by atoms with Crippen LogP contribution in [0, 0.1) is 10.1 Å². The van der Waals surface area contributed by atoms with E-state index < -0.39 is 4.92 Å². The molecular formula is C24H18ClN3O4S. The van der Waals surface area contributed by atoms with Gasteiger partial charge in [-0.15, -0.1) is 0 Å². The van der Waals surface area contributed by atoms with Crippen LogP contribution in [0.15, 0.2) is 78.5 Å². The maximum atomic E-state index is 13.0. The number of halogens is 1. The van der Waals surface area contributed by atoms with Gasteiger partial charge in [-0.1, -0.05) is 35.9 Å². The maximum absolute atomic E-state index is 13.0. The minimum atomic E-state index is -0.451. The molecule has 33 heavy (non-hydrogen) atoms. The molecule has 1 amide bonds. The summed E-state index contributed by atoms with van der Waals surface area (Å²) >= 11 is 11.9.